The number of aryl methyl sites for hydroxylation is 1. The lowest BCUT2D eigenvalue weighted by Gasteiger charge is -2.58. The molecule has 25 heavy (non-hydrogen) atoms. The number of carbonyl (C=O) groups excluding carboxylic acids is 1. The summed E-state index contributed by atoms with van der Waals surface area (Å²) in [6.45, 7) is 9.95. The zero-order chi connectivity index (χ0) is 18.8. The van der Waals surface area contributed by atoms with Gasteiger partial charge in [0.15, 0.2) is 0 Å². The van der Waals surface area contributed by atoms with Gasteiger partial charge in [-0.2, -0.15) is 0 Å². The monoisotopic (exact) mass is 347 g/mol. The second kappa shape index (κ2) is 7.16. The first-order valence-corrected chi connectivity index (χ1v) is 8.86. The fraction of sp³-hybridized carbons (Fsp3) is 0.600. The van der Waals surface area contributed by atoms with Gasteiger partial charge in [0.25, 0.3) is 0 Å². The summed E-state index contributed by atoms with van der Waals surface area (Å²) in [5, 5.41) is 12.6. The third-order valence-corrected chi connectivity index (χ3v) is 5.58. The van der Waals surface area contributed by atoms with Gasteiger partial charge in [0, 0.05) is 24.4 Å². The van der Waals surface area contributed by atoms with Gasteiger partial charge >= 0.3 is 5.97 Å². The average Bonchev–Trinajstić information content (AvgIpc) is 2.55. The Morgan fingerprint density at radius 3 is 2.40 bits per heavy atom. The molecule has 0 heterocycles. The van der Waals surface area contributed by atoms with Crippen molar-refractivity contribution in [3.63, 3.8) is 0 Å². The molecule has 1 aliphatic rings. The number of carboxylic acid groups (broad SMARTS) is 1. The van der Waals surface area contributed by atoms with Crippen LogP contribution in [0.25, 0.3) is 0 Å². The summed E-state index contributed by atoms with van der Waals surface area (Å²) in [5.74, 6) is -1.53. The fourth-order valence-corrected chi connectivity index (χ4v) is 3.54. The normalized spacial score (nSPS) is 25.7. The lowest BCUT2D eigenvalue weighted by atomic mass is 9.54. The minimum Gasteiger partial charge on any atom is -0.479 e. The van der Waals surface area contributed by atoms with Crippen LogP contribution in [0.3, 0.4) is 0 Å². The summed E-state index contributed by atoms with van der Waals surface area (Å²) in [6, 6.07) is 8.04. The van der Waals surface area contributed by atoms with Crippen LogP contribution < -0.4 is 5.32 Å². The van der Waals surface area contributed by atoms with E-state index < -0.39 is 16.9 Å². The molecule has 1 aromatic carbocycles. The van der Waals surface area contributed by atoms with Crippen LogP contribution in [-0.4, -0.2) is 35.2 Å². The molecular weight excluding hydrogens is 318 g/mol. The molecule has 1 aromatic rings. The highest BCUT2D eigenvalue weighted by Crippen LogP contribution is 2.51. The first-order valence-electron chi connectivity index (χ1n) is 8.86. The molecule has 1 amide bonds. The van der Waals surface area contributed by atoms with Crippen LogP contribution >= 0.6 is 0 Å². The highest BCUT2D eigenvalue weighted by molar-refractivity contribution is 5.90. The highest BCUT2D eigenvalue weighted by Gasteiger charge is 2.66. The van der Waals surface area contributed by atoms with Crippen LogP contribution in [0.1, 0.15) is 45.2 Å². The molecule has 3 atom stereocenters. The first-order chi connectivity index (χ1) is 11.6. The molecule has 5 nitrogen and oxygen atoms in total. The molecule has 1 saturated carbocycles. The van der Waals surface area contributed by atoms with Crippen LogP contribution in [0.5, 0.6) is 0 Å². The zero-order valence-electron chi connectivity index (χ0n) is 15.8. The molecule has 5 heteroatoms. The summed E-state index contributed by atoms with van der Waals surface area (Å²) in [5.41, 5.74) is 0.307. The lowest BCUT2D eigenvalue weighted by molar-refractivity contribution is -0.195. The number of hydrogen-bond donors (Lipinski definition) is 2. The van der Waals surface area contributed by atoms with Crippen molar-refractivity contribution in [3.05, 3.63) is 35.4 Å². The molecule has 0 aromatic heterocycles. The van der Waals surface area contributed by atoms with Crippen molar-refractivity contribution in [2.24, 2.45) is 11.3 Å². The van der Waals surface area contributed by atoms with E-state index in [4.69, 9.17) is 4.74 Å². The number of benzene rings is 1. The van der Waals surface area contributed by atoms with E-state index in [9.17, 15) is 14.7 Å². The van der Waals surface area contributed by atoms with Crippen LogP contribution in [0.15, 0.2) is 24.3 Å². The molecule has 1 fully saturated rings. The van der Waals surface area contributed by atoms with E-state index >= 15 is 0 Å². The number of carboxylic acids is 1. The number of rotatable bonds is 7. The maximum absolute atomic E-state index is 12.7. The van der Waals surface area contributed by atoms with E-state index in [0.717, 1.165) is 5.56 Å². The first kappa shape index (κ1) is 19.4. The molecular formula is C20H29NO4. The Morgan fingerprint density at radius 1 is 1.32 bits per heavy atom. The van der Waals surface area contributed by atoms with Crippen molar-refractivity contribution in [1.29, 1.82) is 0 Å². The third-order valence-electron chi connectivity index (χ3n) is 5.58. The van der Waals surface area contributed by atoms with Gasteiger partial charge in [0.05, 0.1) is 6.10 Å². The molecule has 0 radical (unpaired) electrons. The van der Waals surface area contributed by atoms with Crippen LogP contribution in [0, 0.1) is 18.3 Å². The molecule has 3 unspecified atom stereocenters. The van der Waals surface area contributed by atoms with Gasteiger partial charge in [-0.15, -0.1) is 0 Å². The topological polar surface area (TPSA) is 75.6 Å². The maximum atomic E-state index is 12.7. The fourth-order valence-electron chi connectivity index (χ4n) is 3.54. The van der Waals surface area contributed by atoms with E-state index in [1.165, 1.54) is 5.56 Å². The number of amides is 1. The molecule has 2 rings (SSSR count). The van der Waals surface area contributed by atoms with E-state index in [0.29, 0.717) is 19.4 Å². The third kappa shape index (κ3) is 3.56. The summed E-state index contributed by atoms with van der Waals surface area (Å²) >= 11 is 0. The summed E-state index contributed by atoms with van der Waals surface area (Å²) < 4.78 is 5.63. The van der Waals surface area contributed by atoms with Gasteiger partial charge < -0.3 is 15.2 Å². The molecule has 0 aliphatic heterocycles. The molecule has 1 aliphatic carbocycles. The summed E-state index contributed by atoms with van der Waals surface area (Å²) in [6.07, 6.45) is 0.713. The Bertz CT molecular complexity index is 638. The van der Waals surface area contributed by atoms with Crippen LogP contribution in [0.2, 0.25) is 0 Å². The van der Waals surface area contributed by atoms with Crippen molar-refractivity contribution in [1.82, 2.24) is 5.32 Å². The summed E-state index contributed by atoms with van der Waals surface area (Å²) in [4.78, 5) is 24.6. The highest BCUT2D eigenvalue weighted by atomic mass is 16.5. The Hall–Kier alpha value is -1.88. The Labute approximate surface area is 149 Å². The number of hydrogen-bond acceptors (Lipinski definition) is 3. The van der Waals surface area contributed by atoms with Crippen LogP contribution in [-0.2, 0) is 20.7 Å². The SMILES string of the molecule is CCOC1CC(NC(=O)C(C)Cc2ccc(C)cc2)(C(=O)O)C1(C)C. The van der Waals surface area contributed by atoms with Gasteiger partial charge in [-0.05, 0) is 25.8 Å². The van der Waals surface area contributed by atoms with Gasteiger partial charge in [-0.25, -0.2) is 4.79 Å². The van der Waals surface area contributed by atoms with E-state index in [2.05, 4.69) is 5.32 Å². The number of aliphatic carboxylic acids is 1. The van der Waals surface area contributed by atoms with Gasteiger partial charge in [0.1, 0.15) is 5.54 Å². The van der Waals surface area contributed by atoms with Gasteiger partial charge in [-0.3, -0.25) is 4.79 Å². The molecule has 2 N–H and O–H groups in total. The molecule has 0 bridgehead atoms. The lowest BCUT2D eigenvalue weighted by Crippen LogP contribution is -2.76. The van der Waals surface area contributed by atoms with Crippen molar-refractivity contribution in [2.75, 3.05) is 6.61 Å². The van der Waals surface area contributed by atoms with Gasteiger partial charge in [-0.1, -0.05) is 50.6 Å². The Morgan fingerprint density at radius 2 is 1.92 bits per heavy atom. The zero-order valence-corrected chi connectivity index (χ0v) is 15.8. The number of carbonyl (C=O) groups is 2. The second-order valence-electron chi connectivity index (χ2n) is 7.66. The Kier molecular flexibility index (Phi) is 5.57. The predicted molar refractivity (Wildman–Crippen MR) is 96.4 cm³/mol. The van der Waals surface area contributed by atoms with Crippen molar-refractivity contribution in [3.8, 4) is 0 Å². The van der Waals surface area contributed by atoms with Crippen LogP contribution in [0.4, 0.5) is 0 Å². The average molecular weight is 347 g/mol. The van der Waals surface area contributed by atoms with E-state index in [-0.39, 0.29) is 17.9 Å². The maximum Gasteiger partial charge on any atom is 0.330 e. The van der Waals surface area contributed by atoms with E-state index in [1.807, 2.05) is 58.9 Å². The quantitative estimate of drug-likeness (QED) is 0.795. The minimum absolute atomic E-state index is 0.165. The predicted octanol–water partition coefficient (Wildman–Crippen LogP) is 2.95. The van der Waals surface area contributed by atoms with Gasteiger partial charge in [0.2, 0.25) is 5.91 Å². The van der Waals surface area contributed by atoms with Crippen molar-refractivity contribution in [2.45, 2.75) is 59.1 Å². The molecule has 0 spiro atoms. The number of ether oxygens (including phenoxy) is 1. The van der Waals surface area contributed by atoms with E-state index in [1.54, 1.807) is 0 Å². The van der Waals surface area contributed by atoms with Crippen molar-refractivity contribution >= 4 is 11.9 Å². The summed E-state index contributed by atoms with van der Waals surface area (Å²) in [7, 11) is 0. The number of nitrogens with one attached hydrogen (secondary N) is 1. The molecule has 138 valence electrons. The molecule has 0 saturated heterocycles. The van der Waals surface area contributed by atoms with Crippen molar-refractivity contribution < 1.29 is 19.4 Å². The Balaban J connectivity index is 2.08. The smallest absolute Gasteiger partial charge is 0.330 e. The largest absolute Gasteiger partial charge is 0.479 e. The minimum atomic E-state index is -1.27. The standard InChI is InChI=1S/C20H29NO4/c1-6-25-16-12-20(18(23)24,19(16,4)5)21-17(22)14(3)11-15-9-7-13(2)8-10-15/h7-10,14,16H,6,11-12H2,1-5H3,(H,21,22)(H,23,24). The second-order valence-corrected chi connectivity index (χ2v) is 7.66.